The molecule has 1 aliphatic heterocycles. The molecule has 1 fully saturated rings. The van der Waals surface area contributed by atoms with Gasteiger partial charge in [0.05, 0.1) is 10.8 Å². The van der Waals surface area contributed by atoms with Gasteiger partial charge in [0.25, 0.3) is 0 Å². The standard InChI is InChI=1S/C16H24N2O2S/c1-2-16(19)18-10-6-9-17(11-12-18)13-14-21(20)15-7-4-3-5-8-15/h3-5,7-8H,2,6,9-14H2,1H3/t21-/m1/s1. The second-order valence-electron chi connectivity index (χ2n) is 5.29. The van der Waals surface area contributed by atoms with E-state index in [0.717, 1.165) is 44.0 Å². The van der Waals surface area contributed by atoms with Gasteiger partial charge >= 0.3 is 0 Å². The predicted molar refractivity (Wildman–Crippen MR) is 85.6 cm³/mol. The maximum absolute atomic E-state index is 12.2. The average Bonchev–Trinajstić information content (AvgIpc) is 2.78. The molecule has 1 atom stereocenters. The molecule has 0 aliphatic carbocycles. The minimum absolute atomic E-state index is 0.240. The smallest absolute Gasteiger partial charge is 0.222 e. The zero-order valence-electron chi connectivity index (χ0n) is 12.7. The van der Waals surface area contributed by atoms with Crippen LogP contribution in [-0.2, 0) is 15.6 Å². The molecule has 0 bridgehead atoms. The van der Waals surface area contributed by atoms with Crippen LogP contribution in [0.5, 0.6) is 0 Å². The first-order chi connectivity index (χ1) is 10.2. The van der Waals surface area contributed by atoms with Crippen molar-refractivity contribution in [2.24, 2.45) is 0 Å². The molecule has 116 valence electrons. The number of rotatable bonds is 5. The van der Waals surface area contributed by atoms with Crippen LogP contribution >= 0.6 is 0 Å². The number of carbonyl (C=O) groups excluding carboxylic acids is 1. The van der Waals surface area contributed by atoms with Gasteiger partial charge in [0.15, 0.2) is 0 Å². The highest BCUT2D eigenvalue weighted by Crippen LogP contribution is 2.08. The Labute approximate surface area is 129 Å². The zero-order valence-corrected chi connectivity index (χ0v) is 13.5. The first kappa shape index (κ1) is 16.2. The Morgan fingerprint density at radius 2 is 1.90 bits per heavy atom. The fourth-order valence-electron chi connectivity index (χ4n) is 2.57. The van der Waals surface area contributed by atoms with Crippen LogP contribution in [0.15, 0.2) is 35.2 Å². The van der Waals surface area contributed by atoms with Gasteiger partial charge in [0, 0.05) is 43.2 Å². The van der Waals surface area contributed by atoms with Crippen LogP contribution in [-0.4, -0.2) is 58.4 Å². The molecule has 0 radical (unpaired) electrons. The molecular weight excluding hydrogens is 284 g/mol. The summed E-state index contributed by atoms with van der Waals surface area (Å²) in [6.07, 6.45) is 1.59. The van der Waals surface area contributed by atoms with Crippen molar-refractivity contribution in [1.29, 1.82) is 0 Å². The SMILES string of the molecule is CCC(=O)N1CCCN(CC[S@@](=O)c2ccccc2)CC1. The van der Waals surface area contributed by atoms with Gasteiger partial charge < -0.3 is 9.80 Å². The summed E-state index contributed by atoms with van der Waals surface area (Å²) in [6.45, 7) is 6.26. The normalized spacial score (nSPS) is 18.2. The van der Waals surface area contributed by atoms with Crippen LogP contribution < -0.4 is 0 Å². The molecule has 21 heavy (non-hydrogen) atoms. The van der Waals surface area contributed by atoms with Crippen molar-refractivity contribution < 1.29 is 9.00 Å². The van der Waals surface area contributed by atoms with Crippen LogP contribution in [0.1, 0.15) is 19.8 Å². The molecule has 0 N–H and O–H groups in total. The van der Waals surface area contributed by atoms with Crippen molar-refractivity contribution >= 4 is 16.7 Å². The fourth-order valence-corrected chi connectivity index (χ4v) is 3.69. The highest BCUT2D eigenvalue weighted by Gasteiger charge is 2.18. The highest BCUT2D eigenvalue weighted by atomic mass is 32.2. The molecule has 0 spiro atoms. The lowest BCUT2D eigenvalue weighted by molar-refractivity contribution is -0.130. The van der Waals surface area contributed by atoms with E-state index >= 15 is 0 Å². The molecule has 1 heterocycles. The third kappa shape index (κ3) is 4.93. The minimum Gasteiger partial charge on any atom is -0.341 e. The van der Waals surface area contributed by atoms with Gasteiger partial charge in [-0.1, -0.05) is 25.1 Å². The van der Waals surface area contributed by atoms with Crippen molar-refractivity contribution in [3.8, 4) is 0 Å². The summed E-state index contributed by atoms with van der Waals surface area (Å²) < 4.78 is 12.2. The van der Waals surface area contributed by atoms with E-state index in [1.165, 1.54) is 0 Å². The summed E-state index contributed by atoms with van der Waals surface area (Å²) in [7, 11) is -0.932. The lowest BCUT2D eigenvalue weighted by Gasteiger charge is -2.21. The Morgan fingerprint density at radius 1 is 1.14 bits per heavy atom. The summed E-state index contributed by atoms with van der Waals surface area (Å²) in [5.41, 5.74) is 0. The van der Waals surface area contributed by atoms with Gasteiger partial charge in [-0.25, -0.2) is 0 Å². The molecule has 1 aliphatic rings. The maximum atomic E-state index is 12.2. The van der Waals surface area contributed by atoms with E-state index in [4.69, 9.17) is 0 Å². The molecule has 0 saturated carbocycles. The van der Waals surface area contributed by atoms with Crippen molar-refractivity contribution in [2.75, 3.05) is 38.5 Å². The van der Waals surface area contributed by atoms with Gasteiger partial charge in [-0.15, -0.1) is 0 Å². The largest absolute Gasteiger partial charge is 0.341 e. The molecule has 2 rings (SSSR count). The van der Waals surface area contributed by atoms with Crippen LogP contribution in [0.25, 0.3) is 0 Å². The predicted octanol–water partition coefficient (Wildman–Crippen LogP) is 1.74. The Hall–Kier alpha value is -1.20. The van der Waals surface area contributed by atoms with Gasteiger partial charge in [-0.2, -0.15) is 0 Å². The number of amides is 1. The molecule has 5 heteroatoms. The van der Waals surface area contributed by atoms with E-state index in [1.54, 1.807) is 0 Å². The quantitative estimate of drug-likeness (QED) is 0.832. The van der Waals surface area contributed by atoms with E-state index in [1.807, 2.05) is 42.2 Å². The van der Waals surface area contributed by atoms with Crippen LogP contribution in [0.4, 0.5) is 0 Å². The van der Waals surface area contributed by atoms with Crippen molar-refractivity contribution in [3.63, 3.8) is 0 Å². The van der Waals surface area contributed by atoms with E-state index in [2.05, 4.69) is 4.90 Å². The molecule has 1 amide bonds. The number of hydrogen-bond acceptors (Lipinski definition) is 3. The summed E-state index contributed by atoms with van der Waals surface area (Å²) >= 11 is 0. The zero-order chi connectivity index (χ0) is 15.1. The van der Waals surface area contributed by atoms with Crippen LogP contribution in [0.2, 0.25) is 0 Å². The van der Waals surface area contributed by atoms with Gasteiger partial charge in [-0.05, 0) is 25.1 Å². The molecule has 1 saturated heterocycles. The lowest BCUT2D eigenvalue weighted by atomic mass is 10.3. The summed E-state index contributed by atoms with van der Waals surface area (Å²) in [6, 6.07) is 9.62. The Balaban J connectivity index is 1.79. The molecule has 0 aromatic heterocycles. The van der Waals surface area contributed by atoms with Gasteiger partial charge in [0.1, 0.15) is 0 Å². The summed E-state index contributed by atoms with van der Waals surface area (Å²) in [5, 5.41) is 0. The third-order valence-corrected chi connectivity index (χ3v) is 5.19. The minimum atomic E-state index is -0.932. The number of carbonyl (C=O) groups is 1. The topological polar surface area (TPSA) is 40.6 Å². The number of hydrogen-bond donors (Lipinski definition) is 0. The van der Waals surface area contributed by atoms with Crippen molar-refractivity contribution in [1.82, 2.24) is 9.80 Å². The average molecular weight is 308 g/mol. The first-order valence-electron chi connectivity index (χ1n) is 7.64. The number of nitrogens with zero attached hydrogens (tertiary/aromatic N) is 2. The Bertz CT molecular complexity index is 478. The van der Waals surface area contributed by atoms with E-state index in [-0.39, 0.29) is 5.91 Å². The van der Waals surface area contributed by atoms with Gasteiger partial charge in [0.2, 0.25) is 5.91 Å². The maximum Gasteiger partial charge on any atom is 0.222 e. The molecular formula is C16H24N2O2S. The molecule has 1 aromatic rings. The summed E-state index contributed by atoms with van der Waals surface area (Å²) in [5.74, 6) is 0.899. The molecule has 1 aromatic carbocycles. The second kappa shape index (κ2) is 8.29. The summed E-state index contributed by atoms with van der Waals surface area (Å²) in [4.78, 5) is 16.9. The highest BCUT2D eigenvalue weighted by molar-refractivity contribution is 7.85. The van der Waals surface area contributed by atoms with Gasteiger partial charge in [-0.3, -0.25) is 9.00 Å². The van der Waals surface area contributed by atoms with E-state index < -0.39 is 10.8 Å². The van der Waals surface area contributed by atoms with Crippen molar-refractivity contribution in [3.05, 3.63) is 30.3 Å². The third-order valence-electron chi connectivity index (χ3n) is 3.84. The lowest BCUT2D eigenvalue weighted by Crippen LogP contribution is -2.35. The van der Waals surface area contributed by atoms with E-state index in [9.17, 15) is 9.00 Å². The van der Waals surface area contributed by atoms with Crippen molar-refractivity contribution in [2.45, 2.75) is 24.7 Å². The monoisotopic (exact) mass is 308 g/mol. The fraction of sp³-hybridized carbons (Fsp3) is 0.562. The second-order valence-corrected chi connectivity index (χ2v) is 6.86. The Kier molecular flexibility index (Phi) is 6.39. The molecule has 4 nitrogen and oxygen atoms in total. The van der Waals surface area contributed by atoms with Crippen LogP contribution in [0, 0.1) is 0 Å². The Morgan fingerprint density at radius 3 is 2.62 bits per heavy atom. The van der Waals surface area contributed by atoms with Crippen LogP contribution in [0.3, 0.4) is 0 Å². The van der Waals surface area contributed by atoms with E-state index in [0.29, 0.717) is 12.2 Å². The number of benzene rings is 1. The molecule has 0 unspecified atom stereocenters. The first-order valence-corrected chi connectivity index (χ1v) is 8.96.